The third kappa shape index (κ3) is 6.69. The number of aromatic nitrogens is 4. The van der Waals surface area contributed by atoms with Crippen LogP contribution in [-0.2, 0) is 20.8 Å². The van der Waals surface area contributed by atoms with Gasteiger partial charge in [-0.2, -0.15) is 18.6 Å². The number of hydrogen-bond acceptors (Lipinski definition) is 8. The monoisotopic (exact) mass is 620 g/mol. The molecule has 0 N–H and O–H groups in total. The molecule has 0 fully saturated rings. The van der Waals surface area contributed by atoms with Crippen molar-refractivity contribution in [1.82, 2.24) is 18.9 Å². The summed E-state index contributed by atoms with van der Waals surface area (Å²) < 4.78 is 35.3. The summed E-state index contributed by atoms with van der Waals surface area (Å²) in [7, 11) is 3.00. The van der Waals surface area contributed by atoms with E-state index in [-0.39, 0.29) is 51.4 Å². The molecule has 2 atom stereocenters. The van der Waals surface area contributed by atoms with Crippen LogP contribution in [0.4, 0.5) is 4.39 Å². The largest absolute Gasteiger partial charge is 0.496 e. The molecule has 0 aliphatic rings. The lowest BCUT2D eigenvalue weighted by Gasteiger charge is -2.23. The van der Waals surface area contributed by atoms with Crippen LogP contribution >= 0.6 is 24.8 Å². The lowest BCUT2D eigenvalue weighted by molar-refractivity contribution is -0.122. The Kier molecular flexibility index (Phi) is 11.3. The van der Waals surface area contributed by atoms with Crippen LogP contribution in [0.15, 0.2) is 46.2 Å². The number of rotatable bonds is 13. The third-order valence-corrected chi connectivity index (χ3v) is 8.19. The molecule has 0 unspecified atom stereocenters. The summed E-state index contributed by atoms with van der Waals surface area (Å²) in [6, 6.07) is 4.85. The molecule has 0 saturated heterocycles. The maximum atomic E-state index is 14.4. The molecule has 3 heterocycles. The Hall–Kier alpha value is -3.26. The number of aryl methyl sites for hydroxylation is 1. The van der Waals surface area contributed by atoms with Gasteiger partial charge in [-0.3, -0.25) is 14.2 Å². The highest BCUT2D eigenvalue weighted by atomic mass is 32.1. The predicted molar refractivity (Wildman–Crippen MR) is 165 cm³/mol. The Labute approximate surface area is 254 Å². The summed E-state index contributed by atoms with van der Waals surface area (Å²) in [5, 5.41) is 5.29. The summed E-state index contributed by atoms with van der Waals surface area (Å²) in [5.41, 5.74) is -0.176. The summed E-state index contributed by atoms with van der Waals surface area (Å²) in [5.74, 6) is -0.277. The molecule has 13 heteroatoms. The highest BCUT2D eigenvalue weighted by Crippen LogP contribution is 2.34. The van der Waals surface area contributed by atoms with Gasteiger partial charge in [0, 0.05) is 37.1 Å². The van der Waals surface area contributed by atoms with Crippen LogP contribution in [0.25, 0.3) is 15.2 Å². The number of Topliss-reactive ketones (excluding diaryl/α,β-unsaturated/α-hetero) is 1. The number of nitrogens with zero attached hydrogens (tertiary/aromatic N) is 4. The van der Waals surface area contributed by atoms with Crippen molar-refractivity contribution in [3.8, 4) is 10.8 Å². The second-order valence-corrected chi connectivity index (χ2v) is 11.2. The zero-order chi connectivity index (χ0) is 29.8. The van der Waals surface area contributed by atoms with Gasteiger partial charge in [0.15, 0.2) is 5.78 Å². The first-order valence-corrected chi connectivity index (χ1v) is 14.2. The Morgan fingerprint density at radius 3 is 2.50 bits per heavy atom. The molecule has 1 aromatic carbocycles. The minimum Gasteiger partial charge on any atom is -0.496 e. The van der Waals surface area contributed by atoms with Gasteiger partial charge in [-0.05, 0) is 44.0 Å². The number of fused-ring (bicyclic) bond motifs is 1. The third-order valence-electron chi connectivity index (χ3n) is 6.89. The van der Waals surface area contributed by atoms with Gasteiger partial charge in [-0.15, -0.1) is 0 Å². The number of carbonyl (C=O) groups excluding carboxylic acids is 1. The molecule has 4 rings (SSSR count). The van der Waals surface area contributed by atoms with E-state index in [9.17, 15) is 18.8 Å². The number of benzene rings is 1. The minimum atomic E-state index is -0.989. The number of ketones is 1. The van der Waals surface area contributed by atoms with E-state index in [4.69, 9.17) is 14.2 Å². The van der Waals surface area contributed by atoms with E-state index < -0.39 is 29.2 Å². The molecule has 0 spiro atoms. The smallest absolute Gasteiger partial charge is 0.332 e. The van der Waals surface area contributed by atoms with Crippen LogP contribution in [0.3, 0.4) is 0 Å². The molecule has 0 bridgehead atoms. The summed E-state index contributed by atoms with van der Waals surface area (Å²) in [4.78, 5) is 41.5. The Morgan fingerprint density at radius 1 is 1.14 bits per heavy atom. The van der Waals surface area contributed by atoms with Crippen molar-refractivity contribution in [3.63, 3.8) is 0 Å². The summed E-state index contributed by atoms with van der Waals surface area (Å²) in [6.45, 7) is 7.51. The Balaban J connectivity index is 0.00000484. The lowest BCUT2D eigenvalue weighted by atomic mass is 10.0. The highest BCUT2D eigenvalue weighted by molar-refractivity contribution is 7.59. The molecule has 0 aliphatic heterocycles. The first-order valence-electron chi connectivity index (χ1n) is 13.3. The van der Waals surface area contributed by atoms with Gasteiger partial charge in [0.1, 0.15) is 27.5 Å². The lowest BCUT2D eigenvalue weighted by Crippen LogP contribution is -2.44. The highest BCUT2D eigenvalue weighted by Gasteiger charge is 2.28. The standard InChI is InChI=1S/C29H35FN4O6S.H2S/c1-17(2)14-22(35)19(4)34-26(36)25-18(3)27(33-11-7-10-31-33)41-28(25)32(29(34)37)16-24(40-13-12-38-5)21-15-20(30)8-9-23(21)39-6;/h7-11,15,17,19,24H,12-14,16H2,1-6H3;1H2/t19-,24-;/m0./s1. The van der Waals surface area contributed by atoms with Crippen LogP contribution < -0.4 is 16.0 Å². The second-order valence-electron chi connectivity index (χ2n) is 10.2. The van der Waals surface area contributed by atoms with Crippen molar-refractivity contribution in [2.24, 2.45) is 5.92 Å². The molecule has 228 valence electrons. The quantitative estimate of drug-likeness (QED) is 0.202. The first kappa shape index (κ1) is 33.2. The number of carbonyl (C=O) groups is 1. The topological polar surface area (TPSA) is 107 Å². The molecule has 0 saturated carbocycles. The normalized spacial score (nSPS) is 12.9. The van der Waals surface area contributed by atoms with Crippen LogP contribution in [-0.4, -0.2) is 52.1 Å². The minimum absolute atomic E-state index is 0. The van der Waals surface area contributed by atoms with E-state index in [1.807, 2.05) is 13.8 Å². The second kappa shape index (κ2) is 14.3. The molecule has 4 aromatic rings. The van der Waals surface area contributed by atoms with Gasteiger partial charge in [-0.1, -0.05) is 25.2 Å². The van der Waals surface area contributed by atoms with E-state index in [2.05, 4.69) is 5.10 Å². The molecule has 0 amide bonds. The van der Waals surface area contributed by atoms with Gasteiger partial charge in [0.05, 0.1) is 38.3 Å². The number of thiophene rings is 1. The molecular formula is C29H37FN4O6S2. The van der Waals surface area contributed by atoms with E-state index >= 15 is 0 Å². The van der Waals surface area contributed by atoms with Crippen molar-refractivity contribution in [2.45, 2.75) is 52.8 Å². The van der Waals surface area contributed by atoms with E-state index in [0.717, 1.165) is 4.57 Å². The number of methoxy groups -OCH3 is 2. The average Bonchev–Trinajstić information content (AvgIpc) is 3.58. The predicted octanol–water partition coefficient (Wildman–Crippen LogP) is 4.56. The van der Waals surface area contributed by atoms with Crippen LogP contribution in [0.1, 0.15) is 50.5 Å². The van der Waals surface area contributed by atoms with Crippen LogP contribution in [0, 0.1) is 18.7 Å². The SMILES string of the molecule is COCCO[C@@H](Cn1c(=O)n([C@@H](C)C(=O)CC(C)C)c(=O)c2c(C)c(-n3cccn3)sc21)c1cc(F)ccc1OC.S. The molecule has 0 aliphatic carbocycles. The Bertz CT molecular complexity index is 1640. The van der Waals surface area contributed by atoms with Gasteiger partial charge in [-0.25, -0.2) is 18.4 Å². The van der Waals surface area contributed by atoms with E-state index in [1.54, 1.807) is 37.0 Å². The number of ether oxygens (including phenoxy) is 3. The summed E-state index contributed by atoms with van der Waals surface area (Å²) in [6.07, 6.45) is 2.74. The fourth-order valence-corrected chi connectivity index (χ4v) is 6.06. The van der Waals surface area contributed by atoms with E-state index in [0.29, 0.717) is 32.1 Å². The summed E-state index contributed by atoms with van der Waals surface area (Å²) >= 11 is 1.23. The zero-order valence-corrected chi connectivity index (χ0v) is 26.4. The van der Waals surface area contributed by atoms with Gasteiger partial charge < -0.3 is 14.2 Å². The first-order chi connectivity index (χ1) is 19.6. The van der Waals surface area contributed by atoms with Crippen molar-refractivity contribution in [1.29, 1.82) is 0 Å². The van der Waals surface area contributed by atoms with Gasteiger partial charge >= 0.3 is 5.69 Å². The molecular weight excluding hydrogens is 583 g/mol. The molecule has 0 radical (unpaired) electrons. The molecule has 10 nitrogen and oxygen atoms in total. The maximum absolute atomic E-state index is 14.4. The molecule has 3 aromatic heterocycles. The van der Waals surface area contributed by atoms with Gasteiger partial charge in [0.25, 0.3) is 5.56 Å². The van der Waals surface area contributed by atoms with Crippen molar-refractivity contribution in [2.75, 3.05) is 27.4 Å². The Morgan fingerprint density at radius 2 is 1.88 bits per heavy atom. The zero-order valence-electron chi connectivity index (χ0n) is 24.5. The van der Waals surface area contributed by atoms with Crippen LogP contribution in [0.5, 0.6) is 5.75 Å². The number of halogens is 1. The average molecular weight is 621 g/mol. The fourth-order valence-electron chi connectivity index (χ4n) is 4.82. The van der Waals surface area contributed by atoms with Crippen molar-refractivity contribution in [3.05, 3.63) is 74.4 Å². The maximum Gasteiger partial charge on any atom is 0.332 e. The van der Waals surface area contributed by atoms with E-state index in [1.165, 1.54) is 48.3 Å². The van der Waals surface area contributed by atoms with Crippen molar-refractivity contribution < 1.29 is 23.4 Å². The van der Waals surface area contributed by atoms with Gasteiger partial charge in [0.2, 0.25) is 0 Å². The van der Waals surface area contributed by atoms with Crippen molar-refractivity contribution >= 4 is 40.8 Å². The molecule has 42 heavy (non-hydrogen) atoms. The fraction of sp³-hybridized carbons (Fsp3) is 0.448. The van der Waals surface area contributed by atoms with Crippen LogP contribution in [0.2, 0.25) is 0 Å². The number of hydrogen-bond donors (Lipinski definition) is 0.